The Bertz CT molecular complexity index is 410. The first-order chi connectivity index (χ1) is 9.63. The van der Waals surface area contributed by atoms with E-state index in [-0.39, 0.29) is 5.91 Å². The first kappa shape index (κ1) is 17.0. The summed E-state index contributed by atoms with van der Waals surface area (Å²) in [6.45, 7) is 2.68. The predicted molar refractivity (Wildman–Crippen MR) is 83.0 cm³/mol. The van der Waals surface area contributed by atoms with Crippen molar-refractivity contribution >= 4 is 35.0 Å². The molecule has 1 heterocycles. The summed E-state index contributed by atoms with van der Waals surface area (Å²) in [5, 5.41) is 4.86. The molecule has 0 aliphatic rings. The van der Waals surface area contributed by atoms with Crippen molar-refractivity contribution in [2.24, 2.45) is 5.73 Å². The van der Waals surface area contributed by atoms with Gasteiger partial charge in [-0.1, -0.05) is 6.07 Å². The van der Waals surface area contributed by atoms with E-state index in [0.29, 0.717) is 24.7 Å². The van der Waals surface area contributed by atoms with E-state index < -0.39 is 12.0 Å². The van der Waals surface area contributed by atoms with Crippen LogP contribution in [0.3, 0.4) is 0 Å². The summed E-state index contributed by atoms with van der Waals surface area (Å²) in [5.74, 6) is 0.232. The second-order valence-corrected chi connectivity index (χ2v) is 6.12. The fourth-order valence-electron chi connectivity index (χ4n) is 1.43. The van der Waals surface area contributed by atoms with Gasteiger partial charge in [-0.05, 0) is 24.8 Å². The molecule has 1 aromatic rings. The van der Waals surface area contributed by atoms with E-state index in [1.165, 1.54) is 16.6 Å². The minimum absolute atomic E-state index is 0.0392. The van der Waals surface area contributed by atoms with Crippen LogP contribution in [-0.2, 0) is 20.7 Å². The van der Waals surface area contributed by atoms with Crippen LogP contribution in [-0.4, -0.2) is 42.6 Å². The summed E-state index contributed by atoms with van der Waals surface area (Å²) in [6.07, 6.45) is 0.844. The Morgan fingerprint density at radius 3 is 3.00 bits per heavy atom. The molecule has 1 aromatic heterocycles. The van der Waals surface area contributed by atoms with Crippen LogP contribution in [0.15, 0.2) is 17.5 Å². The third-order valence-electron chi connectivity index (χ3n) is 2.39. The van der Waals surface area contributed by atoms with E-state index in [2.05, 4.69) is 5.32 Å². The van der Waals surface area contributed by atoms with E-state index in [1.54, 1.807) is 18.3 Å². The Morgan fingerprint density at radius 1 is 1.55 bits per heavy atom. The maximum atomic E-state index is 11.6. The molecule has 5 nitrogen and oxygen atoms in total. The zero-order valence-corrected chi connectivity index (χ0v) is 13.1. The molecular weight excluding hydrogens is 296 g/mol. The Balaban J connectivity index is 2.06. The van der Waals surface area contributed by atoms with E-state index in [0.717, 1.165) is 6.42 Å². The molecule has 20 heavy (non-hydrogen) atoms. The lowest BCUT2D eigenvalue weighted by Crippen LogP contribution is -2.35. The summed E-state index contributed by atoms with van der Waals surface area (Å²) >= 11 is 3.02. The Labute approximate surface area is 127 Å². The zero-order valence-electron chi connectivity index (χ0n) is 11.5. The summed E-state index contributed by atoms with van der Waals surface area (Å²) in [6, 6.07) is 3.37. The number of nitrogens with two attached hydrogens (primary N) is 1. The van der Waals surface area contributed by atoms with Crippen LogP contribution in [0.4, 0.5) is 0 Å². The smallest absolute Gasteiger partial charge is 0.323 e. The molecule has 1 unspecified atom stereocenters. The summed E-state index contributed by atoms with van der Waals surface area (Å²) < 4.78 is 4.79. The number of carbonyl (C=O) groups excluding carboxylic acids is 2. The van der Waals surface area contributed by atoms with Gasteiger partial charge in [-0.15, -0.1) is 23.1 Å². The molecule has 0 bridgehead atoms. The standard InChI is InChI=1S/C13H20N2O3S2/c1-2-18-13(17)11(14)8-19-9-12(16)15-6-5-10-4-3-7-20-10/h3-4,7,11H,2,5-6,8-9,14H2,1H3,(H,15,16). The molecule has 112 valence electrons. The number of hydrogen-bond acceptors (Lipinski definition) is 6. The maximum Gasteiger partial charge on any atom is 0.323 e. The van der Waals surface area contributed by atoms with Gasteiger partial charge in [-0.2, -0.15) is 0 Å². The number of thioether (sulfide) groups is 1. The third-order valence-corrected chi connectivity index (χ3v) is 4.39. The van der Waals surface area contributed by atoms with Crippen LogP contribution in [0.5, 0.6) is 0 Å². The lowest BCUT2D eigenvalue weighted by atomic mass is 10.3. The van der Waals surface area contributed by atoms with Crippen molar-refractivity contribution < 1.29 is 14.3 Å². The fraction of sp³-hybridized carbons (Fsp3) is 0.538. The van der Waals surface area contributed by atoms with Crippen molar-refractivity contribution in [3.05, 3.63) is 22.4 Å². The van der Waals surface area contributed by atoms with Gasteiger partial charge in [0.15, 0.2) is 0 Å². The Kier molecular flexibility index (Phi) is 8.32. The lowest BCUT2D eigenvalue weighted by molar-refractivity contribution is -0.144. The van der Waals surface area contributed by atoms with Gasteiger partial charge in [-0.3, -0.25) is 9.59 Å². The number of amides is 1. The summed E-state index contributed by atoms with van der Waals surface area (Å²) in [4.78, 5) is 24.1. The molecule has 0 radical (unpaired) electrons. The van der Waals surface area contributed by atoms with Gasteiger partial charge < -0.3 is 15.8 Å². The highest BCUT2D eigenvalue weighted by molar-refractivity contribution is 8.00. The molecule has 1 atom stereocenters. The van der Waals surface area contributed by atoms with Gasteiger partial charge in [0.05, 0.1) is 12.4 Å². The molecule has 0 saturated carbocycles. The van der Waals surface area contributed by atoms with Crippen molar-refractivity contribution in [1.82, 2.24) is 5.32 Å². The van der Waals surface area contributed by atoms with Crippen LogP contribution in [0.25, 0.3) is 0 Å². The van der Waals surface area contributed by atoms with Crippen molar-refractivity contribution in [1.29, 1.82) is 0 Å². The molecule has 0 aliphatic heterocycles. The molecule has 7 heteroatoms. The molecule has 3 N–H and O–H groups in total. The van der Waals surface area contributed by atoms with Gasteiger partial charge in [-0.25, -0.2) is 0 Å². The van der Waals surface area contributed by atoms with Crippen molar-refractivity contribution in [2.45, 2.75) is 19.4 Å². The van der Waals surface area contributed by atoms with Crippen LogP contribution < -0.4 is 11.1 Å². The predicted octanol–water partition coefficient (Wildman–Crippen LogP) is 1.03. The SMILES string of the molecule is CCOC(=O)C(N)CSCC(=O)NCCc1cccs1. The highest BCUT2D eigenvalue weighted by Crippen LogP contribution is 2.08. The quantitative estimate of drug-likeness (QED) is 0.665. The first-order valence-electron chi connectivity index (χ1n) is 6.42. The highest BCUT2D eigenvalue weighted by Gasteiger charge is 2.14. The molecule has 1 rings (SSSR count). The zero-order chi connectivity index (χ0) is 14.8. The van der Waals surface area contributed by atoms with Crippen molar-refractivity contribution in [3.8, 4) is 0 Å². The fourth-order valence-corrected chi connectivity index (χ4v) is 2.93. The molecule has 0 aliphatic carbocycles. The Morgan fingerprint density at radius 2 is 2.35 bits per heavy atom. The molecule has 0 aromatic carbocycles. The Hall–Kier alpha value is -1.05. The highest BCUT2D eigenvalue weighted by atomic mass is 32.2. The minimum Gasteiger partial charge on any atom is -0.465 e. The van der Waals surface area contributed by atoms with Crippen molar-refractivity contribution in [3.63, 3.8) is 0 Å². The molecule has 0 saturated heterocycles. The maximum absolute atomic E-state index is 11.6. The van der Waals surface area contributed by atoms with E-state index in [9.17, 15) is 9.59 Å². The van der Waals surface area contributed by atoms with E-state index in [1.807, 2.05) is 17.5 Å². The lowest BCUT2D eigenvalue weighted by Gasteiger charge is -2.10. The topological polar surface area (TPSA) is 81.4 Å². The summed E-state index contributed by atoms with van der Waals surface area (Å²) in [7, 11) is 0. The van der Waals surface area contributed by atoms with E-state index >= 15 is 0 Å². The average molecular weight is 316 g/mol. The minimum atomic E-state index is -0.668. The molecular formula is C13H20N2O3S2. The van der Waals surface area contributed by atoms with Gasteiger partial charge in [0.1, 0.15) is 6.04 Å². The molecule has 0 spiro atoms. The second-order valence-electron chi connectivity index (χ2n) is 4.05. The van der Waals surface area contributed by atoms with Gasteiger partial charge in [0.25, 0.3) is 0 Å². The van der Waals surface area contributed by atoms with Gasteiger partial charge in [0.2, 0.25) is 5.91 Å². The van der Waals surface area contributed by atoms with Gasteiger partial charge >= 0.3 is 5.97 Å². The summed E-state index contributed by atoms with van der Waals surface area (Å²) in [5.41, 5.74) is 5.63. The van der Waals surface area contributed by atoms with Crippen LogP contribution in [0.1, 0.15) is 11.8 Å². The normalized spacial score (nSPS) is 11.9. The van der Waals surface area contributed by atoms with Gasteiger partial charge in [0, 0.05) is 17.2 Å². The number of ether oxygens (including phenoxy) is 1. The number of rotatable bonds is 9. The monoisotopic (exact) mass is 316 g/mol. The second kappa shape index (κ2) is 9.79. The average Bonchev–Trinajstić information content (AvgIpc) is 2.92. The molecule has 0 fully saturated rings. The van der Waals surface area contributed by atoms with Crippen molar-refractivity contribution in [2.75, 3.05) is 24.7 Å². The number of thiophene rings is 1. The first-order valence-corrected chi connectivity index (χ1v) is 8.46. The van der Waals surface area contributed by atoms with Crippen LogP contribution >= 0.6 is 23.1 Å². The van der Waals surface area contributed by atoms with E-state index in [4.69, 9.17) is 10.5 Å². The number of hydrogen-bond donors (Lipinski definition) is 2. The third kappa shape index (κ3) is 6.93. The number of esters is 1. The number of carbonyl (C=O) groups is 2. The largest absolute Gasteiger partial charge is 0.465 e. The number of nitrogens with one attached hydrogen (secondary N) is 1. The molecule has 1 amide bonds. The van der Waals surface area contributed by atoms with Crippen LogP contribution in [0, 0.1) is 0 Å². The van der Waals surface area contributed by atoms with Crippen LogP contribution in [0.2, 0.25) is 0 Å².